The van der Waals surface area contributed by atoms with Crippen LogP contribution >= 0.6 is 0 Å². The molecule has 0 atom stereocenters. The van der Waals surface area contributed by atoms with E-state index >= 15 is 0 Å². The third kappa shape index (κ3) is 21.7. The Bertz CT molecular complexity index is 228. The van der Waals surface area contributed by atoms with Crippen molar-refractivity contribution in [3.63, 3.8) is 0 Å². The fourth-order valence-electron chi connectivity index (χ4n) is 3.22. The molecule has 0 fully saturated rings. The second kappa shape index (κ2) is 22.7. The van der Waals surface area contributed by atoms with Crippen molar-refractivity contribution in [3.05, 3.63) is 18.6 Å². The lowest BCUT2D eigenvalue weighted by atomic mass is 10.0. The van der Waals surface area contributed by atoms with Gasteiger partial charge in [0.15, 0.2) is 0 Å². The van der Waals surface area contributed by atoms with Gasteiger partial charge in [0.25, 0.3) is 0 Å². The van der Waals surface area contributed by atoms with Crippen LogP contribution < -0.4 is 0 Å². The first-order chi connectivity index (χ1) is 11.9. The fourth-order valence-corrected chi connectivity index (χ4v) is 3.22. The van der Waals surface area contributed by atoms with Crippen LogP contribution in [-0.2, 0) is 0 Å². The fraction of sp³-hybridized carbons (Fsp3) is 0.875. The van der Waals surface area contributed by atoms with Crippen molar-refractivity contribution in [1.82, 2.24) is 0 Å². The predicted molar refractivity (Wildman–Crippen MR) is 113 cm³/mol. The molecule has 0 heterocycles. The molecule has 0 aliphatic carbocycles. The number of allylic oxidation sites excluding steroid dienone is 2. The van der Waals surface area contributed by atoms with Crippen molar-refractivity contribution in [3.8, 4) is 0 Å². The third-order valence-corrected chi connectivity index (χ3v) is 4.93. The summed E-state index contributed by atoms with van der Waals surface area (Å²) in [6.07, 6.45) is 33.9. The maximum absolute atomic E-state index is 2.52. The average molecular weight is 336 g/mol. The predicted octanol–water partition coefficient (Wildman–Crippen LogP) is 9.20. The Morgan fingerprint density at radius 2 is 0.708 bits per heavy atom. The summed E-state index contributed by atoms with van der Waals surface area (Å²) in [5, 5.41) is 0. The molecule has 143 valence electrons. The zero-order chi connectivity index (χ0) is 17.6. The highest BCUT2D eigenvalue weighted by Crippen LogP contribution is 2.12. The van der Waals surface area contributed by atoms with Crippen LogP contribution in [0.4, 0.5) is 0 Å². The number of rotatable bonds is 20. The highest BCUT2D eigenvalue weighted by molar-refractivity contribution is 4.81. The number of hydrogen-bond acceptors (Lipinski definition) is 0. The van der Waals surface area contributed by atoms with Crippen LogP contribution in [0.5, 0.6) is 0 Å². The summed E-state index contributed by atoms with van der Waals surface area (Å²) in [6, 6.07) is 0. The van der Waals surface area contributed by atoms with E-state index in [1.165, 1.54) is 122 Å². The molecule has 0 unspecified atom stereocenters. The molecule has 0 aromatic rings. The Morgan fingerprint density at radius 1 is 0.375 bits per heavy atom. The summed E-state index contributed by atoms with van der Waals surface area (Å²) in [7, 11) is 0. The largest absolute Gasteiger partial charge is 0.0885 e. The van der Waals surface area contributed by atoms with Crippen LogP contribution in [0.1, 0.15) is 136 Å². The summed E-state index contributed by atoms with van der Waals surface area (Å²) < 4.78 is 0. The lowest BCUT2D eigenvalue weighted by Gasteiger charge is -2.02. The molecular weight excluding hydrogens is 288 g/mol. The molecule has 0 amide bonds. The van der Waals surface area contributed by atoms with Crippen molar-refractivity contribution in [2.75, 3.05) is 0 Å². The highest BCUT2D eigenvalue weighted by atomic mass is 14.0. The van der Waals surface area contributed by atoms with Gasteiger partial charge in [-0.3, -0.25) is 0 Å². The Labute approximate surface area is 154 Å². The van der Waals surface area contributed by atoms with Crippen molar-refractivity contribution in [2.24, 2.45) is 0 Å². The SMILES string of the molecule is CCCCC[CH]CCCCCCCC/C=C\CCCCCCCC. The monoisotopic (exact) mass is 335 g/mol. The van der Waals surface area contributed by atoms with E-state index < -0.39 is 0 Å². The second-order valence-corrected chi connectivity index (χ2v) is 7.51. The molecule has 1 radical (unpaired) electrons. The number of hydrogen-bond donors (Lipinski definition) is 0. The summed E-state index contributed by atoms with van der Waals surface area (Å²) >= 11 is 0. The van der Waals surface area contributed by atoms with E-state index in [1.807, 2.05) is 0 Å². The quantitative estimate of drug-likeness (QED) is 0.154. The first kappa shape index (κ1) is 23.7. The van der Waals surface area contributed by atoms with E-state index in [0.29, 0.717) is 0 Å². The van der Waals surface area contributed by atoms with Crippen LogP contribution in [-0.4, -0.2) is 0 Å². The van der Waals surface area contributed by atoms with Crippen molar-refractivity contribution in [1.29, 1.82) is 0 Å². The molecule has 0 aliphatic rings. The topological polar surface area (TPSA) is 0 Å². The molecule has 24 heavy (non-hydrogen) atoms. The Hall–Kier alpha value is -0.260. The molecule has 0 rings (SSSR count). The summed E-state index contributed by atoms with van der Waals surface area (Å²) in [5.41, 5.74) is 0. The normalized spacial score (nSPS) is 11.6. The summed E-state index contributed by atoms with van der Waals surface area (Å²) in [5.74, 6) is 0. The van der Waals surface area contributed by atoms with Gasteiger partial charge in [0.1, 0.15) is 0 Å². The third-order valence-electron chi connectivity index (χ3n) is 4.93. The van der Waals surface area contributed by atoms with E-state index in [2.05, 4.69) is 32.4 Å². The molecule has 0 bridgehead atoms. The van der Waals surface area contributed by atoms with E-state index in [4.69, 9.17) is 0 Å². The molecule has 0 saturated carbocycles. The molecule has 0 spiro atoms. The van der Waals surface area contributed by atoms with Gasteiger partial charge < -0.3 is 0 Å². The Balaban J connectivity index is 3.03. The Kier molecular flexibility index (Phi) is 22.5. The highest BCUT2D eigenvalue weighted by Gasteiger charge is 1.93. The lowest BCUT2D eigenvalue weighted by molar-refractivity contribution is 0.586. The zero-order valence-corrected chi connectivity index (χ0v) is 17.2. The van der Waals surface area contributed by atoms with Gasteiger partial charge in [-0.05, 0) is 32.1 Å². The standard InChI is InChI=1S/C24H47/c1-3-5-7-9-11-13-15-17-19-21-23-24-22-20-18-16-14-12-10-8-6-4-2/h11,18,20H,3-10,12-17,19,21-24H2,1-2H3/b20-18-. The van der Waals surface area contributed by atoms with Gasteiger partial charge in [-0.2, -0.15) is 0 Å². The van der Waals surface area contributed by atoms with Crippen molar-refractivity contribution >= 4 is 0 Å². The van der Waals surface area contributed by atoms with E-state index in [9.17, 15) is 0 Å². The van der Waals surface area contributed by atoms with Crippen molar-refractivity contribution < 1.29 is 0 Å². The number of unbranched alkanes of at least 4 members (excludes halogenated alkanes) is 18. The van der Waals surface area contributed by atoms with Gasteiger partial charge in [0.2, 0.25) is 0 Å². The lowest BCUT2D eigenvalue weighted by Crippen LogP contribution is -1.83. The van der Waals surface area contributed by atoms with Crippen molar-refractivity contribution in [2.45, 2.75) is 136 Å². The molecule has 0 heteroatoms. The smallest absolute Gasteiger partial charge is 0.0351 e. The summed E-state index contributed by atoms with van der Waals surface area (Å²) in [6.45, 7) is 4.57. The summed E-state index contributed by atoms with van der Waals surface area (Å²) in [4.78, 5) is 0. The van der Waals surface area contributed by atoms with Crippen LogP contribution in [0.2, 0.25) is 0 Å². The van der Waals surface area contributed by atoms with Gasteiger partial charge >= 0.3 is 0 Å². The Morgan fingerprint density at radius 3 is 1.21 bits per heavy atom. The van der Waals surface area contributed by atoms with Gasteiger partial charge in [-0.15, -0.1) is 0 Å². The first-order valence-corrected chi connectivity index (χ1v) is 11.4. The first-order valence-electron chi connectivity index (χ1n) is 11.4. The molecular formula is C24H47. The van der Waals surface area contributed by atoms with Gasteiger partial charge in [0.05, 0.1) is 0 Å². The van der Waals surface area contributed by atoms with Crippen LogP contribution in [0.3, 0.4) is 0 Å². The van der Waals surface area contributed by atoms with Crippen LogP contribution in [0.15, 0.2) is 12.2 Å². The van der Waals surface area contributed by atoms with Gasteiger partial charge in [0, 0.05) is 0 Å². The molecule has 0 N–H and O–H groups in total. The zero-order valence-electron chi connectivity index (χ0n) is 17.2. The van der Waals surface area contributed by atoms with Gasteiger partial charge in [-0.25, -0.2) is 0 Å². The maximum Gasteiger partial charge on any atom is -0.0351 e. The van der Waals surface area contributed by atoms with E-state index in [1.54, 1.807) is 0 Å². The minimum atomic E-state index is 1.31. The molecule has 0 aliphatic heterocycles. The van der Waals surface area contributed by atoms with Crippen LogP contribution in [0, 0.1) is 6.42 Å². The maximum atomic E-state index is 2.52. The minimum absolute atomic E-state index is 1.31. The minimum Gasteiger partial charge on any atom is -0.0885 e. The molecule has 0 nitrogen and oxygen atoms in total. The average Bonchev–Trinajstić information content (AvgIpc) is 2.60. The van der Waals surface area contributed by atoms with E-state index in [0.717, 1.165) is 0 Å². The van der Waals surface area contributed by atoms with Crippen LogP contribution in [0.25, 0.3) is 0 Å². The molecule has 0 saturated heterocycles. The molecule has 0 aromatic heterocycles. The second-order valence-electron chi connectivity index (χ2n) is 7.51. The van der Waals surface area contributed by atoms with Gasteiger partial charge in [-0.1, -0.05) is 122 Å². The van der Waals surface area contributed by atoms with E-state index in [-0.39, 0.29) is 0 Å². The molecule has 0 aromatic carbocycles.